The number of fused-ring (bicyclic) bond motifs is 7. The van der Waals surface area contributed by atoms with Gasteiger partial charge in [-0.1, -0.05) is 140 Å². The van der Waals surface area contributed by atoms with Gasteiger partial charge in [0.2, 0.25) is 0 Å². The second-order valence-corrected chi connectivity index (χ2v) is 13.7. The first-order valence-electron chi connectivity index (χ1n) is 18.2. The third-order valence-corrected chi connectivity index (χ3v) is 10.6. The van der Waals surface area contributed by atoms with Gasteiger partial charge in [-0.3, -0.25) is 0 Å². The zero-order valence-corrected chi connectivity index (χ0v) is 29.0. The molecule has 5 heteroatoms. The molecule has 0 aliphatic carbocycles. The molecule has 0 fully saturated rings. The summed E-state index contributed by atoms with van der Waals surface area (Å²) in [5.74, 6) is 1.42. The normalized spacial score (nSPS) is 14.5. The molecule has 3 heterocycles. The SMILES string of the molecule is c1ccc(-c2ccc3c(c2)oc2cccc(-c4cccc5c(C6=NC(c7ccc8c(c7)oc7ccccc78)=NC(c7ccccc7)N6)cccc45)c23)cc1. The zero-order chi connectivity index (χ0) is 35.6. The van der Waals surface area contributed by atoms with Gasteiger partial charge in [-0.2, -0.15) is 0 Å². The van der Waals surface area contributed by atoms with Crippen LogP contribution in [0.4, 0.5) is 0 Å². The smallest absolute Gasteiger partial charge is 0.159 e. The van der Waals surface area contributed by atoms with Crippen molar-refractivity contribution in [3.63, 3.8) is 0 Å². The predicted octanol–water partition coefficient (Wildman–Crippen LogP) is 12.5. The Hall–Kier alpha value is -7.24. The summed E-state index contributed by atoms with van der Waals surface area (Å²) in [6, 6.07) is 61.0. The minimum absolute atomic E-state index is 0.328. The fraction of sp³-hybridized carbons (Fsp3) is 0.0204. The van der Waals surface area contributed by atoms with Crippen LogP contribution in [0, 0.1) is 0 Å². The second-order valence-electron chi connectivity index (χ2n) is 13.7. The van der Waals surface area contributed by atoms with Gasteiger partial charge in [0.25, 0.3) is 0 Å². The molecular formula is C49H31N3O2. The van der Waals surface area contributed by atoms with Crippen molar-refractivity contribution >= 4 is 66.3 Å². The van der Waals surface area contributed by atoms with E-state index in [1.165, 1.54) is 5.56 Å². The Morgan fingerprint density at radius 1 is 0.407 bits per heavy atom. The van der Waals surface area contributed by atoms with Crippen LogP contribution in [0.2, 0.25) is 0 Å². The lowest BCUT2D eigenvalue weighted by molar-refractivity contribution is 0.667. The number of amidine groups is 2. The molecule has 11 rings (SSSR count). The van der Waals surface area contributed by atoms with Crippen LogP contribution in [0.5, 0.6) is 0 Å². The minimum atomic E-state index is -0.328. The lowest BCUT2D eigenvalue weighted by Crippen LogP contribution is -2.33. The summed E-state index contributed by atoms with van der Waals surface area (Å²) in [4.78, 5) is 10.4. The van der Waals surface area contributed by atoms with E-state index in [1.807, 2.05) is 42.5 Å². The molecule has 10 aromatic rings. The summed E-state index contributed by atoms with van der Waals surface area (Å²) >= 11 is 0. The van der Waals surface area contributed by atoms with Crippen molar-refractivity contribution in [2.75, 3.05) is 0 Å². The Labute approximate surface area is 310 Å². The third kappa shape index (κ3) is 4.94. The number of hydrogen-bond donors (Lipinski definition) is 1. The number of benzene rings is 8. The maximum atomic E-state index is 6.51. The number of hydrogen-bond acceptors (Lipinski definition) is 5. The summed E-state index contributed by atoms with van der Waals surface area (Å²) in [6.45, 7) is 0. The van der Waals surface area contributed by atoms with E-state index in [4.69, 9.17) is 18.8 Å². The molecule has 1 unspecified atom stereocenters. The van der Waals surface area contributed by atoms with E-state index in [0.29, 0.717) is 5.84 Å². The molecular weight excluding hydrogens is 663 g/mol. The topological polar surface area (TPSA) is 63.0 Å². The molecule has 8 aromatic carbocycles. The fourth-order valence-electron chi connectivity index (χ4n) is 8.00. The molecule has 1 atom stereocenters. The zero-order valence-electron chi connectivity index (χ0n) is 29.0. The molecule has 1 N–H and O–H groups in total. The average molecular weight is 694 g/mol. The lowest BCUT2D eigenvalue weighted by Gasteiger charge is -2.24. The van der Waals surface area contributed by atoms with Crippen molar-refractivity contribution in [1.29, 1.82) is 0 Å². The van der Waals surface area contributed by atoms with E-state index in [0.717, 1.165) is 93.9 Å². The molecule has 2 aromatic heterocycles. The van der Waals surface area contributed by atoms with Gasteiger partial charge in [0.05, 0.1) is 0 Å². The van der Waals surface area contributed by atoms with Crippen LogP contribution < -0.4 is 5.32 Å². The van der Waals surface area contributed by atoms with Gasteiger partial charge in [-0.15, -0.1) is 0 Å². The van der Waals surface area contributed by atoms with Gasteiger partial charge < -0.3 is 14.2 Å². The summed E-state index contributed by atoms with van der Waals surface area (Å²) in [7, 11) is 0. The maximum Gasteiger partial charge on any atom is 0.159 e. The van der Waals surface area contributed by atoms with E-state index >= 15 is 0 Å². The Morgan fingerprint density at radius 2 is 1.00 bits per heavy atom. The van der Waals surface area contributed by atoms with Crippen molar-refractivity contribution in [2.45, 2.75) is 6.17 Å². The molecule has 0 amide bonds. The van der Waals surface area contributed by atoms with E-state index in [-0.39, 0.29) is 6.17 Å². The molecule has 1 aliphatic heterocycles. The summed E-state index contributed by atoms with van der Waals surface area (Å²) in [5, 5.41) is 10.3. The Kier molecular flexibility index (Phi) is 6.85. The molecule has 0 saturated heterocycles. The van der Waals surface area contributed by atoms with Gasteiger partial charge in [0, 0.05) is 32.7 Å². The van der Waals surface area contributed by atoms with E-state index in [9.17, 15) is 0 Å². The van der Waals surface area contributed by atoms with Crippen molar-refractivity contribution in [3.8, 4) is 22.3 Å². The van der Waals surface area contributed by atoms with E-state index < -0.39 is 0 Å². The Balaban J connectivity index is 1.05. The molecule has 0 saturated carbocycles. The molecule has 0 spiro atoms. The molecule has 54 heavy (non-hydrogen) atoms. The third-order valence-electron chi connectivity index (χ3n) is 10.6. The monoisotopic (exact) mass is 693 g/mol. The number of furan rings is 2. The van der Waals surface area contributed by atoms with Gasteiger partial charge in [0.15, 0.2) is 5.84 Å². The molecule has 1 aliphatic rings. The van der Waals surface area contributed by atoms with Gasteiger partial charge in [0.1, 0.15) is 34.3 Å². The van der Waals surface area contributed by atoms with E-state index in [2.05, 4.69) is 139 Å². The average Bonchev–Trinajstić information content (AvgIpc) is 3.81. The quantitative estimate of drug-likeness (QED) is 0.195. The van der Waals surface area contributed by atoms with Gasteiger partial charge in [-0.05, 0) is 75.0 Å². The van der Waals surface area contributed by atoms with Crippen LogP contribution in [0.25, 0.3) is 76.9 Å². The largest absolute Gasteiger partial charge is 0.456 e. The summed E-state index contributed by atoms with van der Waals surface area (Å²) in [5.41, 5.74) is 10.9. The fourth-order valence-corrected chi connectivity index (χ4v) is 8.00. The van der Waals surface area contributed by atoms with Crippen LogP contribution in [0.3, 0.4) is 0 Å². The number of nitrogens with one attached hydrogen (secondary N) is 1. The van der Waals surface area contributed by atoms with Crippen molar-refractivity contribution in [3.05, 3.63) is 193 Å². The van der Waals surface area contributed by atoms with Crippen LogP contribution in [-0.2, 0) is 0 Å². The number of nitrogens with zero attached hydrogens (tertiary/aromatic N) is 2. The first kappa shape index (κ1) is 30.4. The predicted molar refractivity (Wildman–Crippen MR) is 221 cm³/mol. The number of aliphatic imine (C=N–C) groups is 2. The summed E-state index contributed by atoms with van der Waals surface area (Å²) in [6.07, 6.45) is -0.328. The highest BCUT2D eigenvalue weighted by atomic mass is 16.3. The van der Waals surface area contributed by atoms with E-state index in [1.54, 1.807) is 0 Å². The van der Waals surface area contributed by atoms with Crippen molar-refractivity contribution in [1.82, 2.24) is 5.32 Å². The standard InChI is InChI=1S/C49H31N3O2/c1-3-12-30(13-4-1)32-24-27-41-45(28-32)54-43-23-11-20-39(46(41)43)35-18-9-19-36-34(35)17-10-21-40(36)49-51-47(31-14-5-2-6-15-31)50-48(52-49)33-25-26-38-37-16-7-8-22-42(37)53-44(38)29-33/h1-29,47H,(H,50,51,52). The van der Waals surface area contributed by atoms with Gasteiger partial charge >= 0.3 is 0 Å². The number of para-hydroxylation sites is 1. The molecule has 5 nitrogen and oxygen atoms in total. The maximum absolute atomic E-state index is 6.51. The highest BCUT2D eigenvalue weighted by Crippen LogP contribution is 2.41. The molecule has 0 bridgehead atoms. The van der Waals surface area contributed by atoms with Crippen LogP contribution in [0.1, 0.15) is 22.9 Å². The Bertz CT molecular complexity index is 3140. The first-order valence-corrected chi connectivity index (χ1v) is 18.2. The van der Waals surface area contributed by atoms with Gasteiger partial charge in [-0.25, -0.2) is 9.98 Å². The summed E-state index contributed by atoms with van der Waals surface area (Å²) < 4.78 is 12.8. The molecule has 0 radical (unpaired) electrons. The van der Waals surface area contributed by atoms with Crippen molar-refractivity contribution in [2.24, 2.45) is 9.98 Å². The van der Waals surface area contributed by atoms with Crippen LogP contribution in [-0.4, -0.2) is 11.7 Å². The highest BCUT2D eigenvalue weighted by molar-refractivity contribution is 6.21. The minimum Gasteiger partial charge on any atom is -0.456 e. The Morgan fingerprint density at radius 3 is 1.87 bits per heavy atom. The first-order chi connectivity index (χ1) is 26.7. The lowest BCUT2D eigenvalue weighted by atomic mass is 9.92. The second kappa shape index (κ2) is 12.2. The molecule has 254 valence electrons. The highest BCUT2D eigenvalue weighted by Gasteiger charge is 2.24. The number of rotatable bonds is 5. The van der Waals surface area contributed by atoms with Crippen LogP contribution in [0.15, 0.2) is 195 Å². The van der Waals surface area contributed by atoms with Crippen LogP contribution >= 0.6 is 0 Å². The van der Waals surface area contributed by atoms with Crippen molar-refractivity contribution < 1.29 is 8.83 Å².